The van der Waals surface area contributed by atoms with Crippen LogP contribution in [-0.2, 0) is 15.7 Å². The van der Waals surface area contributed by atoms with Crippen LogP contribution in [0.2, 0.25) is 0 Å². The van der Waals surface area contributed by atoms with Gasteiger partial charge >= 0.3 is 12.1 Å². The molecular weight excluding hydrogens is 251 g/mol. The molecule has 0 atom stereocenters. The van der Waals surface area contributed by atoms with Crippen molar-refractivity contribution in [1.29, 1.82) is 0 Å². The van der Waals surface area contributed by atoms with Gasteiger partial charge in [-0.2, -0.15) is 13.2 Å². The maximum Gasteiger partial charge on any atom is 0.416 e. The Bertz CT molecular complexity index is 457. The van der Waals surface area contributed by atoms with E-state index in [2.05, 4.69) is 9.72 Å². The molecule has 4 nitrogen and oxygen atoms in total. The summed E-state index contributed by atoms with van der Waals surface area (Å²) in [6.07, 6.45) is -4.30. The van der Waals surface area contributed by atoms with E-state index in [1.165, 1.54) is 0 Å². The molecule has 0 saturated heterocycles. The molecule has 0 aliphatic heterocycles. The number of nitrogens with zero attached hydrogens (tertiary/aromatic N) is 1. The summed E-state index contributed by atoms with van der Waals surface area (Å²) >= 11 is 0. The minimum atomic E-state index is -4.55. The molecule has 7 heteroatoms. The lowest BCUT2D eigenvalue weighted by atomic mass is 10.1. The van der Waals surface area contributed by atoms with Crippen LogP contribution in [0.1, 0.15) is 29.4 Å². The Kier molecular flexibility index (Phi) is 4.41. The van der Waals surface area contributed by atoms with Crippen molar-refractivity contribution in [2.75, 3.05) is 6.61 Å². The van der Waals surface area contributed by atoms with E-state index in [4.69, 9.17) is 0 Å². The molecule has 0 saturated carbocycles. The van der Waals surface area contributed by atoms with Crippen molar-refractivity contribution in [2.24, 2.45) is 0 Å². The van der Waals surface area contributed by atoms with Crippen LogP contribution in [0, 0.1) is 0 Å². The van der Waals surface area contributed by atoms with Gasteiger partial charge in [0.05, 0.1) is 12.2 Å². The molecule has 0 N–H and O–H groups in total. The molecule has 0 radical (unpaired) electrons. The number of ketones is 1. The second kappa shape index (κ2) is 5.61. The van der Waals surface area contributed by atoms with Gasteiger partial charge in [-0.3, -0.25) is 14.6 Å². The first kappa shape index (κ1) is 14.1. The minimum Gasteiger partial charge on any atom is -0.466 e. The normalized spacial score (nSPS) is 11.1. The van der Waals surface area contributed by atoms with Gasteiger partial charge in [-0.05, 0) is 19.1 Å². The van der Waals surface area contributed by atoms with Crippen LogP contribution in [0.15, 0.2) is 18.3 Å². The van der Waals surface area contributed by atoms with E-state index >= 15 is 0 Å². The average Bonchev–Trinajstić information content (AvgIpc) is 2.28. The van der Waals surface area contributed by atoms with Crippen LogP contribution in [0.4, 0.5) is 13.2 Å². The predicted molar refractivity (Wildman–Crippen MR) is 54.8 cm³/mol. The Balaban J connectivity index is 2.84. The van der Waals surface area contributed by atoms with E-state index in [0.717, 1.165) is 12.3 Å². The van der Waals surface area contributed by atoms with Gasteiger partial charge in [0.25, 0.3) is 0 Å². The van der Waals surface area contributed by atoms with Crippen molar-refractivity contribution in [1.82, 2.24) is 4.98 Å². The second-order valence-corrected chi connectivity index (χ2v) is 3.33. The Labute approximate surface area is 101 Å². The number of pyridine rings is 1. The van der Waals surface area contributed by atoms with Gasteiger partial charge in [-0.1, -0.05) is 0 Å². The number of aromatic nitrogens is 1. The molecule has 0 aliphatic rings. The van der Waals surface area contributed by atoms with Crippen LogP contribution in [0.5, 0.6) is 0 Å². The molecule has 0 bridgehead atoms. The maximum atomic E-state index is 12.4. The summed E-state index contributed by atoms with van der Waals surface area (Å²) in [5.74, 6) is -1.60. The fourth-order valence-corrected chi connectivity index (χ4v) is 1.19. The van der Waals surface area contributed by atoms with Gasteiger partial charge < -0.3 is 4.74 Å². The van der Waals surface area contributed by atoms with E-state index in [1.54, 1.807) is 6.92 Å². The molecule has 1 aromatic rings. The third-order valence-electron chi connectivity index (χ3n) is 1.98. The maximum absolute atomic E-state index is 12.4. The first-order valence-corrected chi connectivity index (χ1v) is 5.06. The van der Waals surface area contributed by atoms with Crippen molar-refractivity contribution in [3.63, 3.8) is 0 Å². The van der Waals surface area contributed by atoms with Gasteiger partial charge in [0.1, 0.15) is 12.1 Å². The highest BCUT2D eigenvalue weighted by molar-refractivity contribution is 6.04. The summed E-state index contributed by atoms with van der Waals surface area (Å²) in [7, 11) is 0. The molecule has 0 fully saturated rings. The highest BCUT2D eigenvalue weighted by Gasteiger charge is 2.31. The standard InChI is InChI=1S/C11H10F3NO3/c1-2-18-10(17)6-9(16)8-5-7(3-4-15-8)11(12,13)14/h3-5H,2,6H2,1H3. The summed E-state index contributed by atoms with van der Waals surface area (Å²) in [6.45, 7) is 1.66. The molecule has 0 unspecified atom stereocenters. The zero-order chi connectivity index (χ0) is 13.8. The summed E-state index contributed by atoms with van der Waals surface area (Å²) in [6, 6.07) is 1.36. The Morgan fingerprint density at radius 2 is 2.06 bits per heavy atom. The molecule has 98 valence electrons. The van der Waals surface area contributed by atoms with Crippen molar-refractivity contribution in [2.45, 2.75) is 19.5 Å². The Morgan fingerprint density at radius 3 is 2.61 bits per heavy atom. The third-order valence-corrected chi connectivity index (χ3v) is 1.98. The number of alkyl halides is 3. The van der Waals surface area contributed by atoms with E-state index in [-0.39, 0.29) is 6.61 Å². The van der Waals surface area contributed by atoms with E-state index in [0.29, 0.717) is 6.07 Å². The van der Waals surface area contributed by atoms with E-state index < -0.39 is 35.6 Å². The average molecular weight is 261 g/mol. The first-order valence-electron chi connectivity index (χ1n) is 5.06. The molecule has 18 heavy (non-hydrogen) atoms. The van der Waals surface area contributed by atoms with Crippen molar-refractivity contribution < 1.29 is 27.5 Å². The number of esters is 1. The fourth-order valence-electron chi connectivity index (χ4n) is 1.19. The van der Waals surface area contributed by atoms with Gasteiger partial charge in [0.15, 0.2) is 5.78 Å². The van der Waals surface area contributed by atoms with Gasteiger partial charge in [-0.15, -0.1) is 0 Å². The molecule has 1 rings (SSSR count). The number of hydrogen-bond donors (Lipinski definition) is 0. The number of Topliss-reactive ketones (excluding diaryl/α,β-unsaturated/α-hetero) is 1. The molecule has 0 spiro atoms. The van der Waals surface area contributed by atoms with Crippen molar-refractivity contribution in [3.8, 4) is 0 Å². The molecule has 0 aromatic carbocycles. The summed E-state index contributed by atoms with van der Waals surface area (Å²) in [5, 5.41) is 0. The van der Waals surface area contributed by atoms with E-state index in [9.17, 15) is 22.8 Å². The summed E-state index contributed by atoms with van der Waals surface area (Å²) in [4.78, 5) is 26.0. The molecule has 1 heterocycles. The fraction of sp³-hybridized carbons (Fsp3) is 0.364. The summed E-state index contributed by atoms with van der Waals surface area (Å²) < 4.78 is 41.7. The molecule has 0 amide bonds. The smallest absolute Gasteiger partial charge is 0.416 e. The van der Waals surface area contributed by atoms with Gasteiger partial charge in [0.2, 0.25) is 0 Å². The number of halogens is 3. The lowest BCUT2D eigenvalue weighted by Crippen LogP contribution is -2.14. The Morgan fingerprint density at radius 1 is 1.39 bits per heavy atom. The topological polar surface area (TPSA) is 56.3 Å². The highest BCUT2D eigenvalue weighted by Crippen LogP contribution is 2.29. The molecule has 1 aromatic heterocycles. The number of carbonyl (C=O) groups is 2. The van der Waals surface area contributed by atoms with Crippen LogP contribution in [-0.4, -0.2) is 23.3 Å². The van der Waals surface area contributed by atoms with Crippen LogP contribution >= 0.6 is 0 Å². The second-order valence-electron chi connectivity index (χ2n) is 3.33. The number of rotatable bonds is 4. The van der Waals surface area contributed by atoms with Crippen molar-refractivity contribution >= 4 is 11.8 Å². The van der Waals surface area contributed by atoms with E-state index in [1.807, 2.05) is 0 Å². The van der Waals surface area contributed by atoms with Gasteiger partial charge in [0, 0.05) is 6.20 Å². The quantitative estimate of drug-likeness (QED) is 0.474. The first-order chi connectivity index (χ1) is 8.34. The molecule has 0 aliphatic carbocycles. The number of ether oxygens (including phenoxy) is 1. The summed E-state index contributed by atoms with van der Waals surface area (Å²) in [5.41, 5.74) is -1.39. The number of hydrogen-bond acceptors (Lipinski definition) is 4. The SMILES string of the molecule is CCOC(=O)CC(=O)c1cc(C(F)(F)F)ccn1. The highest BCUT2D eigenvalue weighted by atomic mass is 19.4. The zero-order valence-electron chi connectivity index (χ0n) is 9.45. The lowest BCUT2D eigenvalue weighted by Gasteiger charge is -2.07. The Hall–Kier alpha value is -1.92. The molecular formula is C11H10F3NO3. The van der Waals surface area contributed by atoms with Crippen LogP contribution in [0.3, 0.4) is 0 Å². The minimum absolute atomic E-state index is 0.0993. The van der Waals surface area contributed by atoms with Crippen LogP contribution < -0.4 is 0 Å². The third kappa shape index (κ3) is 3.83. The number of carbonyl (C=O) groups excluding carboxylic acids is 2. The van der Waals surface area contributed by atoms with Crippen LogP contribution in [0.25, 0.3) is 0 Å². The van der Waals surface area contributed by atoms with Gasteiger partial charge in [-0.25, -0.2) is 0 Å². The predicted octanol–water partition coefficient (Wildman–Crippen LogP) is 2.24. The largest absolute Gasteiger partial charge is 0.466 e. The lowest BCUT2D eigenvalue weighted by molar-refractivity contribution is -0.142. The van der Waals surface area contributed by atoms with Crippen molar-refractivity contribution in [3.05, 3.63) is 29.6 Å². The monoisotopic (exact) mass is 261 g/mol. The zero-order valence-corrected chi connectivity index (χ0v) is 9.45.